The lowest BCUT2D eigenvalue weighted by atomic mass is 9.90. The second-order valence-corrected chi connectivity index (χ2v) is 5.43. The molecule has 1 aromatic carbocycles. The summed E-state index contributed by atoms with van der Waals surface area (Å²) in [7, 11) is 0. The van der Waals surface area contributed by atoms with Gasteiger partial charge in [0.2, 0.25) is 0 Å². The molecule has 118 valence electrons. The van der Waals surface area contributed by atoms with E-state index in [0.717, 1.165) is 31.4 Å². The van der Waals surface area contributed by atoms with Gasteiger partial charge in [-0.25, -0.2) is 4.79 Å². The van der Waals surface area contributed by atoms with Gasteiger partial charge in [0, 0.05) is 19.6 Å². The molecule has 0 radical (unpaired) electrons. The lowest BCUT2D eigenvalue weighted by molar-refractivity contribution is 0.108. The first-order chi connectivity index (χ1) is 10.1. The zero-order valence-corrected chi connectivity index (χ0v) is 13.6. The summed E-state index contributed by atoms with van der Waals surface area (Å²) in [6.07, 6.45) is 2.68. The Kier molecular flexibility index (Phi) is 7.23. The fourth-order valence-corrected chi connectivity index (χ4v) is 2.68. The molecule has 0 spiro atoms. The summed E-state index contributed by atoms with van der Waals surface area (Å²) in [4.78, 5) is 14.5. The van der Waals surface area contributed by atoms with Crippen LogP contribution < -0.4 is 11.1 Å². The van der Waals surface area contributed by atoms with Crippen molar-refractivity contribution in [2.75, 3.05) is 13.1 Å². The van der Waals surface area contributed by atoms with Gasteiger partial charge in [-0.15, -0.1) is 0 Å². The summed E-state index contributed by atoms with van der Waals surface area (Å²) in [5.41, 5.74) is 6.85. The van der Waals surface area contributed by atoms with Crippen LogP contribution in [0.4, 0.5) is 4.79 Å². The molecule has 3 N–H and O–H groups in total. The van der Waals surface area contributed by atoms with E-state index in [-0.39, 0.29) is 11.6 Å². The van der Waals surface area contributed by atoms with Crippen molar-refractivity contribution in [2.24, 2.45) is 5.73 Å². The number of nitrogens with zero attached hydrogens (tertiary/aromatic N) is 1. The first-order valence-electron chi connectivity index (χ1n) is 7.93. The van der Waals surface area contributed by atoms with E-state index in [0.29, 0.717) is 13.1 Å². The molecule has 0 aliphatic carbocycles. The van der Waals surface area contributed by atoms with Crippen LogP contribution in [0.5, 0.6) is 0 Å². The van der Waals surface area contributed by atoms with Gasteiger partial charge in [-0.3, -0.25) is 0 Å². The number of nitrogens with two attached hydrogens (primary N) is 1. The normalized spacial score (nSPS) is 11.2. The average Bonchev–Trinajstić information content (AvgIpc) is 2.54. The fourth-order valence-electron chi connectivity index (χ4n) is 2.68. The van der Waals surface area contributed by atoms with Crippen LogP contribution >= 0.6 is 0 Å². The minimum Gasteiger partial charge on any atom is -0.334 e. The molecule has 0 atom stereocenters. The summed E-state index contributed by atoms with van der Waals surface area (Å²) in [5.74, 6) is 0. The molecular weight excluding hydrogens is 262 g/mol. The molecule has 0 saturated carbocycles. The van der Waals surface area contributed by atoms with Crippen LogP contribution in [0.15, 0.2) is 30.3 Å². The van der Waals surface area contributed by atoms with E-state index >= 15 is 0 Å². The molecule has 4 heteroatoms. The summed E-state index contributed by atoms with van der Waals surface area (Å²) in [6, 6.07) is 9.94. The van der Waals surface area contributed by atoms with Gasteiger partial charge in [0.1, 0.15) is 0 Å². The topological polar surface area (TPSA) is 58.4 Å². The fraction of sp³-hybridized carbons (Fsp3) is 0.588. The number of hydrogen-bond acceptors (Lipinski definition) is 2. The average molecular weight is 291 g/mol. The molecular formula is C17H29N3O. The van der Waals surface area contributed by atoms with Crippen molar-refractivity contribution in [3.05, 3.63) is 35.9 Å². The molecule has 0 heterocycles. The molecule has 2 amide bonds. The number of rotatable bonds is 8. The number of carbonyl (C=O) groups is 1. The van der Waals surface area contributed by atoms with E-state index in [1.807, 2.05) is 35.2 Å². The monoisotopic (exact) mass is 291 g/mol. The van der Waals surface area contributed by atoms with E-state index in [4.69, 9.17) is 5.73 Å². The maximum Gasteiger partial charge on any atom is 0.318 e. The van der Waals surface area contributed by atoms with Crippen LogP contribution in [-0.4, -0.2) is 29.6 Å². The van der Waals surface area contributed by atoms with Crippen molar-refractivity contribution in [3.63, 3.8) is 0 Å². The van der Waals surface area contributed by atoms with Crippen LogP contribution in [0.25, 0.3) is 0 Å². The lowest BCUT2D eigenvalue weighted by Crippen LogP contribution is -2.58. The van der Waals surface area contributed by atoms with Gasteiger partial charge in [-0.1, -0.05) is 51.1 Å². The van der Waals surface area contributed by atoms with Crippen molar-refractivity contribution < 1.29 is 4.79 Å². The number of urea groups is 1. The van der Waals surface area contributed by atoms with Crippen LogP contribution in [0.3, 0.4) is 0 Å². The van der Waals surface area contributed by atoms with E-state index < -0.39 is 0 Å². The molecule has 0 aromatic heterocycles. The van der Waals surface area contributed by atoms with Gasteiger partial charge < -0.3 is 16.0 Å². The quantitative estimate of drug-likeness (QED) is 0.773. The third-order valence-electron chi connectivity index (χ3n) is 4.25. The molecule has 1 aromatic rings. The van der Waals surface area contributed by atoms with E-state index in [1.54, 1.807) is 0 Å². The Hall–Kier alpha value is -1.55. The number of nitrogens with one attached hydrogen (secondary N) is 1. The highest BCUT2D eigenvalue weighted by atomic mass is 16.2. The van der Waals surface area contributed by atoms with Crippen molar-refractivity contribution >= 4 is 6.03 Å². The Balaban J connectivity index is 2.77. The van der Waals surface area contributed by atoms with Gasteiger partial charge in [0.25, 0.3) is 0 Å². The Morgan fingerprint density at radius 3 is 2.29 bits per heavy atom. The third-order valence-corrected chi connectivity index (χ3v) is 4.25. The zero-order chi connectivity index (χ0) is 15.7. The molecule has 0 fully saturated rings. The number of amides is 2. The highest BCUT2D eigenvalue weighted by Gasteiger charge is 2.34. The van der Waals surface area contributed by atoms with E-state index in [2.05, 4.69) is 26.1 Å². The second kappa shape index (κ2) is 8.67. The summed E-state index contributed by atoms with van der Waals surface area (Å²) >= 11 is 0. The Bertz CT molecular complexity index is 407. The van der Waals surface area contributed by atoms with Gasteiger partial charge >= 0.3 is 6.03 Å². The summed E-state index contributed by atoms with van der Waals surface area (Å²) in [5, 5.41) is 3.02. The minimum absolute atomic E-state index is 0.0187. The van der Waals surface area contributed by atoms with E-state index in [1.165, 1.54) is 0 Å². The van der Waals surface area contributed by atoms with Crippen molar-refractivity contribution in [3.8, 4) is 0 Å². The number of benzene rings is 1. The van der Waals surface area contributed by atoms with Crippen LogP contribution in [0.1, 0.15) is 45.6 Å². The Labute approximate surface area is 128 Å². The molecule has 0 aliphatic heterocycles. The van der Waals surface area contributed by atoms with Gasteiger partial charge in [0.15, 0.2) is 0 Å². The Morgan fingerprint density at radius 1 is 1.19 bits per heavy atom. The molecule has 4 nitrogen and oxygen atoms in total. The van der Waals surface area contributed by atoms with Crippen LogP contribution in [-0.2, 0) is 6.54 Å². The highest BCUT2D eigenvalue weighted by molar-refractivity contribution is 5.75. The van der Waals surface area contributed by atoms with Gasteiger partial charge in [0.05, 0.1) is 5.54 Å². The second-order valence-electron chi connectivity index (χ2n) is 5.43. The molecule has 0 aliphatic rings. The maximum atomic E-state index is 12.6. The largest absolute Gasteiger partial charge is 0.334 e. The van der Waals surface area contributed by atoms with E-state index in [9.17, 15) is 4.79 Å². The molecule has 0 bridgehead atoms. The SMILES string of the molecule is CCCN(C(=O)NCc1ccccc1)C(CC)(CC)CN. The smallest absolute Gasteiger partial charge is 0.318 e. The predicted molar refractivity (Wildman–Crippen MR) is 88.0 cm³/mol. The zero-order valence-electron chi connectivity index (χ0n) is 13.6. The van der Waals surface area contributed by atoms with Crippen molar-refractivity contribution in [2.45, 2.75) is 52.1 Å². The summed E-state index contributed by atoms with van der Waals surface area (Å²) < 4.78 is 0. The van der Waals surface area contributed by atoms with Crippen molar-refractivity contribution in [1.29, 1.82) is 0 Å². The predicted octanol–water partition coefficient (Wildman–Crippen LogP) is 3.13. The Morgan fingerprint density at radius 2 is 1.81 bits per heavy atom. The maximum absolute atomic E-state index is 12.6. The van der Waals surface area contributed by atoms with Gasteiger partial charge in [-0.2, -0.15) is 0 Å². The minimum atomic E-state index is -0.239. The van der Waals surface area contributed by atoms with Crippen LogP contribution in [0, 0.1) is 0 Å². The third kappa shape index (κ3) is 4.46. The van der Waals surface area contributed by atoms with Crippen LogP contribution in [0.2, 0.25) is 0 Å². The molecule has 0 saturated heterocycles. The van der Waals surface area contributed by atoms with Gasteiger partial charge in [-0.05, 0) is 24.8 Å². The van der Waals surface area contributed by atoms with Crippen molar-refractivity contribution in [1.82, 2.24) is 10.2 Å². The lowest BCUT2D eigenvalue weighted by Gasteiger charge is -2.42. The molecule has 1 rings (SSSR count). The highest BCUT2D eigenvalue weighted by Crippen LogP contribution is 2.23. The first-order valence-corrected chi connectivity index (χ1v) is 7.93. The number of hydrogen-bond donors (Lipinski definition) is 2. The first kappa shape index (κ1) is 17.5. The molecule has 21 heavy (non-hydrogen) atoms. The standard InChI is InChI=1S/C17H29N3O/c1-4-12-20(17(5-2,6-3)14-18)16(21)19-13-15-10-8-7-9-11-15/h7-11H,4-6,12-14,18H2,1-3H3,(H,19,21). The molecule has 0 unspecified atom stereocenters. The summed E-state index contributed by atoms with van der Waals surface area (Å²) in [6.45, 7) is 8.07. The number of carbonyl (C=O) groups excluding carboxylic acids is 1.